The van der Waals surface area contributed by atoms with Gasteiger partial charge in [0.05, 0.1) is 45.3 Å². The normalized spacial score (nSPS) is 11.3. The summed E-state index contributed by atoms with van der Waals surface area (Å²) >= 11 is 0. The number of para-hydroxylation sites is 2. The smallest absolute Gasteiger partial charge is 0.0991 e. The van der Waals surface area contributed by atoms with Crippen molar-refractivity contribution in [1.82, 2.24) is 9.13 Å². The quantitative estimate of drug-likeness (QED) is 0.227. The van der Waals surface area contributed by atoms with Crippen LogP contribution >= 0.6 is 0 Å². The van der Waals surface area contributed by atoms with E-state index in [1.54, 1.807) is 0 Å². The molecule has 0 saturated carbocycles. The van der Waals surface area contributed by atoms with Crippen molar-refractivity contribution in [3.8, 4) is 34.6 Å². The van der Waals surface area contributed by atoms with Gasteiger partial charge >= 0.3 is 0 Å². The molecule has 42 heavy (non-hydrogen) atoms. The maximum Gasteiger partial charge on any atom is 0.0991 e. The molecular weight excluding hydrogens is 512 g/mol. The number of rotatable bonds is 3. The number of benzene rings is 6. The summed E-state index contributed by atoms with van der Waals surface area (Å²) in [5, 5.41) is 23.5. The van der Waals surface area contributed by atoms with E-state index in [2.05, 4.69) is 106 Å². The third-order valence-corrected chi connectivity index (χ3v) is 8.15. The summed E-state index contributed by atoms with van der Waals surface area (Å²) in [5.41, 5.74) is 9.96. The standard InChI is InChI=1S/C38H22N4/c39-23-25-7-5-8-27(19-25)28-9-6-10-29(21-28)41-36-14-4-2-12-32(36)34-22-30(16-18-38(34)41)42-35-13-3-1-11-31(35)33-20-26(24-40)15-17-37(33)42/h1-22H. The molecule has 0 saturated heterocycles. The third-order valence-electron chi connectivity index (χ3n) is 8.15. The molecule has 0 atom stereocenters. The zero-order chi connectivity index (χ0) is 28.2. The summed E-state index contributed by atoms with van der Waals surface area (Å²) in [6.07, 6.45) is 0. The van der Waals surface area contributed by atoms with E-state index in [9.17, 15) is 10.5 Å². The Kier molecular flexibility index (Phi) is 5.22. The van der Waals surface area contributed by atoms with E-state index in [0.29, 0.717) is 11.1 Å². The Morgan fingerprint density at radius 3 is 1.60 bits per heavy atom. The van der Waals surface area contributed by atoms with E-state index < -0.39 is 0 Å². The SMILES string of the molecule is N#Cc1cccc(-c2cccc(-n3c4ccccc4c4cc(-n5c6ccccc6c6cc(C#N)ccc65)ccc43)c2)c1. The molecule has 2 heterocycles. The number of nitrogens with zero attached hydrogens (tertiary/aromatic N) is 4. The van der Waals surface area contributed by atoms with Gasteiger partial charge in [0, 0.05) is 32.9 Å². The van der Waals surface area contributed by atoms with Crippen molar-refractivity contribution in [1.29, 1.82) is 10.5 Å². The van der Waals surface area contributed by atoms with Gasteiger partial charge in [-0.05, 0) is 83.9 Å². The largest absolute Gasteiger partial charge is 0.309 e. The van der Waals surface area contributed by atoms with Crippen LogP contribution in [0, 0.1) is 22.7 Å². The van der Waals surface area contributed by atoms with E-state index >= 15 is 0 Å². The van der Waals surface area contributed by atoms with Gasteiger partial charge in [0.25, 0.3) is 0 Å². The molecule has 4 nitrogen and oxygen atoms in total. The van der Waals surface area contributed by atoms with Gasteiger partial charge < -0.3 is 9.13 Å². The summed E-state index contributed by atoms with van der Waals surface area (Å²) in [7, 11) is 0. The predicted molar refractivity (Wildman–Crippen MR) is 170 cm³/mol. The highest BCUT2D eigenvalue weighted by molar-refractivity contribution is 6.12. The van der Waals surface area contributed by atoms with Crippen LogP contribution in [0.3, 0.4) is 0 Å². The minimum atomic E-state index is 0.649. The highest BCUT2D eigenvalue weighted by Crippen LogP contribution is 2.37. The molecule has 0 bridgehead atoms. The van der Waals surface area contributed by atoms with E-state index in [1.807, 2.05) is 48.5 Å². The first-order chi connectivity index (χ1) is 20.7. The number of aromatic nitrogens is 2. The highest BCUT2D eigenvalue weighted by atomic mass is 15.0. The van der Waals surface area contributed by atoms with Gasteiger partial charge in [0.2, 0.25) is 0 Å². The second-order valence-corrected chi connectivity index (χ2v) is 10.5. The summed E-state index contributed by atoms with van der Waals surface area (Å²) in [4.78, 5) is 0. The lowest BCUT2D eigenvalue weighted by Gasteiger charge is -2.12. The van der Waals surface area contributed by atoms with E-state index in [4.69, 9.17) is 0 Å². The molecule has 0 aliphatic heterocycles. The van der Waals surface area contributed by atoms with E-state index in [1.165, 1.54) is 10.8 Å². The third kappa shape index (κ3) is 3.53. The molecule has 8 rings (SSSR count). The average Bonchev–Trinajstić information content (AvgIpc) is 3.57. The molecule has 0 unspecified atom stereocenters. The van der Waals surface area contributed by atoms with Gasteiger partial charge in [-0.1, -0.05) is 60.7 Å². The lowest BCUT2D eigenvalue weighted by atomic mass is 10.0. The van der Waals surface area contributed by atoms with Crippen molar-refractivity contribution in [2.75, 3.05) is 0 Å². The lowest BCUT2D eigenvalue weighted by Crippen LogP contribution is -1.96. The van der Waals surface area contributed by atoms with Gasteiger partial charge in [0.1, 0.15) is 0 Å². The molecule has 0 fully saturated rings. The Hall–Kier alpha value is -6.10. The Bertz CT molecular complexity index is 2440. The number of fused-ring (bicyclic) bond motifs is 6. The van der Waals surface area contributed by atoms with Crippen molar-refractivity contribution in [3.05, 3.63) is 145 Å². The zero-order valence-corrected chi connectivity index (χ0v) is 22.5. The Morgan fingerprint density at radius 1 is 0.381 bits per heavy atom. The zero-order valence-electron chi connectivity index (χ0n) is 22.5. The first kappa shape index (κ1) is 23.8. The minimum Gasteiger partial charge on any atom is -0.309 e. The molecule has 194 valence electrons. The number of hydrogen-bond acceptors (Lipinski definition) is 2. The van der Waals surface area contributed by atoms with Crippen LogP contribution in [0.1, 0.15) is 11.1 Å². The number of nitriles is 2. The fourth-order valence-electron chi connectivity index (χ4n) is 6.29. The van der Waals surface area contributed by atoms with E-state index in [0.717, 1.165) is 55.3 Å². The fourth-order valence-corrected chi connectivity index (χ4v) is 6.29. The summed E-state index contributed by atoms with van der Waals surface area (Å²) in [5.74, 6) is 0. The molecule has 8 aromatic rings. The Morgan fingerprint density at radius 2 is 0.905 bits per heavy atom. The lowest BCUT2D eigenvalue weighted by molar-refractivity contribution is 1.17. The highest BCUT2D eigenvalue weighted by Gasteiger charge is 2.17. The van der Waals surface area contributed by atoms with Crippen LogP contribution in [-0.2, 0) is 0 Å². The van der Waals surface area contributed by atoms with Crippen molar-refractivity contribution >= 4 is 43.6 Å². The summed E-state index contributed by atoms with van der Waals surface area (Å²) < 4.78 is 4.61. The van der Waals surface area contributed by atoms with Gasteiger partial charge in [-0.3, -0.25) is 0 Å². The van der Waals surface area contributed by atoms with Crippen LogP contribution < -0.4 is 0 Å². The molecular formula is C38H22N4. The van der Waals surface area contributed by atoms with Gasteiger partial charge in [-0.15, -0.1) is 0 Å². The van der Waals surface area contributed by atoms with E-state index in [-0.39, 0.29) is 0 Å². The fraction of sp³-hybridized carbons (Fsp3) is 0. The first-order valence-electron chi connectivity index (χ1n) is 13.8. The van der Waals surface area contributed by atoms with Crippen LogP contribution in [0.2, 0.25) is 0 Å². The second-order valence-electron chi connectivity index (χ2n) is 10.5. The van der Waals surface area contributed by atoms with Crippen molar-refractivity contribution < 1.29 is 0 Å². The van der Waals surface area contributed by atoms with Crippen LogP contribution in [0.25, 0.3) is 66.1 Å². The topological polar surface area (TPSA) is 57.4 Å². The summed E-state index contributed by atoms with van der Waals surface area (Å²) in [6, 6.07) is 50.3. The second kappa shape index (κ2) is 9.24. The maximum absolute atomic E-state index is 9.54. The molecule has 0 N–H and O–H groups in total. The molecule has 2 aromatic heterocycles. The Balaban J connectivity index is 1.37. The molecule has 0 aliphatic rings. The molecule has 6 aromatic carbocycles. The van der Waals surface area contributed by atoms with Crippen LogP contribution in [0.4, 0.5) is 0 Å². The van der Waals surface area contributed by atoms with Gasteiger partial charge in [-0.2, -0.15) is 10.5 Å². The number of hydrogen-bond donors (Lipinski definition) is 0. The van der Waals surface area contributed by atoms with Crippen LogP contribution in [0.5, 0.6) is 0 Å². The van der Waals surface area contributed by atoms with Crippen molar-refractivity contribution in [2.24, 2.45) is 0 Å². The monoisotopic (exact) mass is 534 g/mol. The van der Waals surface area contributed by atoms with Crippen molar-refractivity contribution in [2.45, 2.75) is 0 Å². The molecule has 0 radical (unpaired) electrons. The molecule has 4 heteroatoms. The summed E-state index contributed by atoms with van der Waals surface area (Å²) in [6.45, 7) is 0. The molecule has 0 aliphatic carbocycles. The first-order valence-corrected chi connectivity index (χ1v) is 13.8. The molecule has 0 amide bonds. The minimum absolute atomic E-state index is 0.649. The van der Waals surface area contributed by atoms with Gasteiger partial charge in [-0.25, -0.2) is 0 Å². The van der Waals surface area contributed by atoms with Gasteiger partial charge in [0.15, 0.2) is 0 Å². The van der Waals surface area contributed by atoms with Crippen LogP contribution in [0.15, 0.2) is 133 Å². The predicted octanol–water partition coefficient (Wildman–Crippen LogP) is 9.29. The van der Waals surface area contributed by atoms with Crippen molar-refractivity contribution in [3.63, 3.8) is 0 Å². The van der Waals surface area contributed by atoms with Crippen LogP contribution in [-0.4, -0.2) is 9.13 Å². The maximum atomic E-state index is 9.54. The molecule has 0 spiro atoms. The Labute approximate surface area is 242 Å². The average molecular weight is 535 g/mol.